The molecule has 6 nitrogen and oxygen atoms in total. The Kier molecular flexibility index (Phi) is 4.66. The van der Waals surface area contributed by atoms with Gasteiger partial charge in [-0.1, -0.05) is 12.2 Å². The van der Waals surface area contributed by atoms with Crippen molar-refractivity contribution < 1.29 is 17.3 Å². The topological polar surface area (TPSA) is 88.4 Å². The zero-order valence-electron chi connectivity index (χ0n) is 13.3. The Hall–Kier alpha value is -1.69. The molecule has 1 aromatic rings. The third-order valence-electron chi connectivity index (χ3n) is 3.64. The van der Waals surface area contributed by atoms with E-state index in [0.29, 0.717) is 21.9 Å². The number of nitrogens with zero attached hydrogens (tertiary/aromatic N) is 1. The first-order chi connectivity index (χ1) is 10.6. The first kappa shape index (κ1) is 17.7. The summed E-state index contributed by atoms with van der Waals surface area (Å²) >= 11 is 5.38. The van der Waals surface area contributed by atoms with Crippen molar-refractivity contribution in [1.82, 2.24) is 5.32 Å². The maximum absolute atomic E-state index is 11.7. The highest BCUT2D eigenvalue weighted by molar-refractivity contribution is 7.86. The largest absolute Gasteiger partial charge is 0.485 e. The van der Waals surface area contributed by atoms with Gasteiger partial charge in [0.15, 0.2) is 0 Å². The molecule has 2 atom stereocenters. The quantitative estimate of drug-likeness (QED) is 0.653. The molecular formula is C15H18N2O4S2. The van der Waals surface area contributed by atoms with Gasteiger partial charge in [-0.15, -0.1) is 0 Å². The molecule has 8 heteroatoms. The number of rotatable bonds is 3. The van der Waals surface area contributed by atoms with Crippen LogP contribution >= 0.6 is 12.2 Å². The van der Waals surface area contributed by atoms with Gasteiger partial charge in [0.05, 0.1) is 28.8 Å². The van der Waals surface area contributed by atoms with Crippen LogP contribution in [-0.4, -0.2) is 38.4 Å². The molecule has 0 amide bonds. The van der Waals surface area contributed by atoms with Crippen LogP contribution in [0.1, 0.15) is 30.9 Å². The number of ether oxygens (including phenoxy) is 1. The van der Waals surface area contributed by atoms with Gasteiger partial charge in [-0.25, -0.2) is 0 Å². The van der Waals surface area contributed by atoms with Crippen molar-refractivity contribution in [3.63, 3.8) is 0 Å². The molecule has 1 N–H and O–H groups in total. The fourth-order valence-corrected chi connectivity index (χ4v) is 3.62. The smallest absolute Gasteiger partial charge is 0.264 e. The SMILES string of the molecule is CNC(=S)[C@@H]1c2cc(C#N)ccc2OC(C)(C)[C@H]1OS(C)(=O)=O. The zero-order chi connectivity index (χ0) is 17.4. The highest BCUT2D eigenvalue weighted by Gasteiger charge is 2.48. The molecule has 2 rings (SSSR count). The maximum Gasteiger partial charge on any atom is 0.264 e. The average Bonchev–Trinajstić information content (AvgIpc) is 2.45. The van der Waals surface area contributed by atoms with Crippen LogP contribution in [0.4, 0.5) is 0 Å². The molecule has 0 unspecified atom stereocenters. The van der Waals surface area contributed by atoms with E-state index in [1.54, 1.807) is 39.1 Å². The van der Waals surface area contributed by atoms with Gasteiger partial charge in [0.1, 0.15) is 17.5 Å². The second kappa shape index (κ2) is 6.07. The summed E-state index contributed by atoms with van der Waals surface area (Å²) < 4.78 is 34.6. The van der Waals surface area contributed by atoms with Crippen LogP contribution in [0.15, 0.2) is 18.2 Å². The summed E-state index contributed by atoms with van der Waals surface area (Å²) in [7, 11) is -2.06. The van der Waals surface area contributed by atoms with E-state index < -0.39 is 27.7 Å². The van der Waals surface area contributed by atoms with Gasteiger partial charge in [0, 0.05) is 12.6 Å². The third kappa shape index (κ3) is 3.63. The predicted octanol–water partition coefficient (Wildman–Crippen LogP) is 1.70. The zero-order valence-corrected chi connectivity index (χ0v) is 14.9. The van der Waals surface area contributed by atoms with E-state index in [1.165, 1.54) is 0 Å². The lowest BCUT2D eigenvalue weighted by Gasteiger charge is -2.43. The van der Waals surface area contributed by atoms with Gasteiger partial charge in [-0.2, -0.15) is 13.7 Å². The van der Waals surface area contributed by atoms with Crippen molar-refractivity contribution in [1.29, 1.82) is 5.26 Å². The second-order valence-corrected chi connectivity index (χ2v) is 7.92. The van der Waals surface area contributed by atoms with Crippen molar-refractivity contribution in [2.24, 2.45) is 0 Å². The summed E-state index contributed by atoms with van der Waals surface area (Å²) in [5, 5.41) is 12.0. The first-order valence-corrected chi connectivity index (χ1v) is 9.14. The normalized spacial score (nSPS) is 22.4. The Morgan fingerprint density at radius 1 is 1.48 bits per heavy atom. The molecule has 23 heavy (non-hydrogen) atoms. The van der Waals surface area contributed by atoms with Crippen molar-refractivity contribution in [3.05, 3.63) is 29.3 Å². The van der Waals surface area contributed by atoms with Gasteiger partial charge in [0.2, 0.25) is 0 Å². The van der Waals surface area contributed by atoms with Crippen LogP contribution in [0, 0.1) is 11.3 Å². The fraction of sp³-hybridized carbons (Fsp3) is 0.467. The van der Waals surface area contributed by atoms with Crippen molar-refractivity contribution in [3.8, 4) is 11.8 Å². The molecule has 0 radical (unpaired) electrons. The summed E-state index contributed by atoms with van der Waals surface area (Å²) in [4.78, 5) is 0.423. The number of benzene rings is 1. The Balaban J connectivity index is 2.65. The van der Waals surface area contributed by atoms with Gasteiger partial charge >= 0.3 is 0 Å². The van der Waals surface area contributed by atoms with Crippen molar-refractivity contribution in [2.75, 3.05) is 13.3 Å². The van der Waals surface area contributed by atoms with Crippen LogP contribution in [-0.2, 0) is 14.3 Å². The Morgan fingerprint density at radius 3 is 2.65 bits per heavy atom. The lowest BCUT2D eigenvalue weighted by atomic mass is 9.81. The molecule has 0 spiro atoms. The number of nitriles is 1. The first-order valence-electron chi connectivity index (χ1n) is 6.92. The number of fused-ring (bicyclic) bond motifs is 1. The summed E-state index contributed by atoms with van der Waals surface area (Å²) in [6.45, 7) is 3.49. The van der Waals surface area contributed by atoms with Crippen molar-refractivity contribution in [2.45, 2.75) is 31.5 Å². The van der Waals surface area contributed by atoms with E-state index in [2.05, 4.69) is 11.4 Å². The lowest BCUT2D eigenvalue weighted by molar-refractivity contribution is -0.0287. The molecule has 0 bridgehead atoms. The minimum Gasteiger partial charge on any atom is -0.485 e. The third-order valence-corrected chi connectivity index (χ3v) is 4.66. The van der Waals surface area contributed by atoms with E-state index in [4.69, 9.17) is 26.4 Å². The van der Waals surface area contributed by atoms with Crippen LogP contribution in [0.5, 0.6) is 5.75 Å². The minimum atomic E-state index is -3.72. The van der Waals surface area contributed by atoms with E-state index in [0.717, 1.165) is 6.26 Å². The number of hydrogen-bond donors (Lipinski definition) is 1. The highest BCUT2D eigenvalue weighted by atomic mass is 32.2. The summed E-state index contributed by atoms with van der Waals surface area (Å²) in [6, 6.07) is 7.05. The molecular weight excluding hydrogens is 336 g/mol. The molecule has 0 fully saturated rings. The molecule has 0 aliphatic carbocycles. The molecule has 0 aromatic heterocycles. The van der Waals surface area contributed by atoms with Gasteiger partial charge in [0.25, 0.3) is 10.1 Å². The van der Waals surface area contributed by atoms with Crippen LogP contribution in [0.2, 0.25) is 0 Å². The molecule has 0 saturated carbocycles. The maximum atomic E-state index is 11.7. The van der Waals surface area contributed by atoms with Gasteiger partial charge in [-0.05, 0) is 32.0 Å². The number of thiocarbonyl (C=S) groups is 1. The number of likely N-dealkylation sites (N-methyl/N-ethyl adjacent to an activating group) is 1. The summed E-state index contributed by atoms with van der Waals surface area (Å²) in [6.07, 6.45) is 0.142. The number of nitrogens with one attached hydrogen (secondary N) is 1. The van der Waals surface area contributed by atoms with Crippen LogP contribution in [0.25, 0.3) is 0 Å². The van der Waals surface area contributed by atoms with Gasteiger partial charge < -0.3 is 10.1 Å². The molecule has 1 aromatic carbocycles. The minimum absolute atomic E-state index is 0.423. The molecule has 0 saturated heterocycles. The van der Waals surface area contributed by atoms with E-state index >= 15 is 0 Å². The second-order valence-electron chi connectivity index (χ2n) is 5.88. The highest BCUT2D eigenvalue weighted by Crippen LogP contribution is 2.43. The average molecular weight is 354 g/mol. The van der Waals surface area contributed by atoms with Crippen molar-refractivity contribution >= 4 is 27.3 Å². The Labute approximate surface area is 141 Å². The van der Waals surface area contributed by atoms with E-state index in [9.17, 15) is 8.42 Å². The van der Waals surface area contributed by atoms with Gasteiger partial charge in [-0.3, -0.25) is 4.18 Å². The summed E-state index contributed by atoms with van der Waals surface area (Å²) in [5.74, 6) is 0.0155. The van der Waals surface area contributed by atoms with E-state index in [-0.39, 0.29) is 0 Å². The Morgan fingerprint density at radius 2 is 2.13 bits per heavy atom. The predicted molar refractivity (Wildman–Crippen MR) is 90.0 cm³/mol. The standard InChI is InChI=1S/C15H18N2O4S2/c1-15(2)13(21-23(4,18)19)12(14(22)17-3)10-7-9(8-16)5-6-11(10)20-15/h5-7,12-13H,1-4H3,(H,17,22)/t12-,13+/m1/s1. The van der Waals surface area contributed by atoms with E-state index in [1.807, 2.05) is 0 Å². The molecule has 1 heterocycles. The fourth-order valence-electron chi connectivity index (χ4n) is 2.65. The lowest BCUT2D eigenvalue weighted by Crippen LogP contribution is -2.54. The molecule has 124 valence electrons. The monoisotopic (exact) mass is 354 g/mol. The van der Waals surface area contributed by atoms with Crippen LogP contribution in [0.3, 0.4) is 0 Å². The number of hydrogen-bond acceptors (Lipinski definition) is 6. The summed E-state index contributed by atoms with van der Waals surface area (Å²) in [5.41, 5.74) is 0.154. The van der Waals surface area contributed by atoms with Crippen LogP contribution < -0.4 is 10.1 Å². The molecule has 1 aliphatic heterocycles. The molecule has 1 aliphatic rings. The Bertz CT molecular complexity index is 781.